The van der Waals surface area contributed by atoms with Gasteiger partial charge in [0.1, 0.15) is 0 Å². The third-order valence-corrected chi connectivity index (χ3v) is 2.28. The van der Waals surface area contributed by atoms with Crippen LogP contribution in [0.3, 0.4) is 0 Å². The molecule has 0 aromatic rings. The number of hydrogen-bond acceptors (Lipinski definition) is 2. The van der Waals surface area contributed by atoms with Crippen molar-refractivity contribution in [2.24, 2.45) is 16.7 Å². The highest BCUT2D eigenvalue weighted by Gasteiger charge is 2.34. The van der Waals surface area contributed by atoms with Crippen molar-refractivity contribution in [1.29, 1.82) is 0 Å². The summed E-state index contributed by atoms with van der Waals surface area (Å²) in [6.45, 7) is 15.8. The maximum absolute atomic E-state index is 12.3. The first-order chi connectivity index (χ1) is 7.36. The molecule has 0 rings (SSSR count). The van der Waals surface area contributed by atoms with Gasteiger partial charge in [0.05, 0.1) is 0 Å². The van der Waals surface area contributed by atoms with Crippen LogP contribution in [-0.2, 0) is 9.59 Å². The number of carbonyl (C=O) groups is 2. The van der Waals surface area contributed by atoms with Gasteiger partial charge in [-0.3, -0.25) is 14.5 Å². The Morgan fingerprint density at radius 3 is 1.65 bits per heavy atom. The second-order valence-corrected chi connectivity index (χ2v) is 7.19. The number of amides is 2. The first-order valence-electron chi connectivity index (χ1n) is 6.22. The smallest absolute Gasteiger partial charge is 0.234 e. The second kappa shape index (κ2) is 5.19. The van der Waals surface area contributed by atoms with Gasteiger partial charge in [-0.25, -0.2) is 0 Å². The molecular weight excluding hydrogens is 214 g/mol. The summed E-state index contributed by atoms with van der Waals surface area (Å²) in [5, 5.41) is 0. The Balaban J connectivity index is 5.14. The molecule has 0 atom stereocenters. The van der Waals surface area contributed by atoms with Gasteiger partial charge >= 0.3 is 0 Å². The fraction of sp³-hybridized carbons (Fsp3) is 0.857. The quantitative estimate of drug-likeness (QED) is 0.745. The molecule has 17 heavy (non-hydrogen) atoms. The van der Waals surface area contributed by atoms with Gasteiger partial charge in [0.15, 0.2) is 0 Å². The summed E-state index contributed by atoms with van der Waals surface area (Å²) >= 11 is 0. The van der Waals surface area contributed by atoms with Crippen LogP contribution in [0.5, 0.6) is 0 Å². The van der Waals surface area contributed by atoms with Crippen LogP contribution >= 0.6 is 0 Å². The molecule has 0 aliphatic carbocycles. The Morgan fingerprint density at radius 1 is 1.00 bits per heavy atom. The van der Waals surface area contributed by atoms with Crippen LogP contribution in [0.15, 0.2) is 0 Å². The molecule has 100 valence electrons. The van der Waals surface area contributed by atoms with Gasteiger partial charge in [-0.05, 0) is 5.41 Å². The number of carbonyl (C=O) groups excluding carboxylic acids is 2. The minimum absolute atomic E-state index is 0.0779. The van der Waals surface area contributed by atoms with Crippen LogP contribution in [0.2, 0.25) is 0 Å². The van der Waals surface area contributed by atoms with E-state index in [1.807, 2.05) is 55.4 Å². The van der Waals surface area contributed by atoms with Crippen molar-refractivity contribution in [3.05, 3.63) is 0 Å². The van der Waals surface area contributed by atoms with Crippen molar-refractivity contribution >= 4 is 11.8 Å². The average molecular weight is 241 g/mol. The van der Waals surface area contributed by atoms with Gasteiger partial charge in [0, 0.05) is 17.9 Å². The highest BCUT2D eigenvalue weighted by Crippen LogP contribution is 2.23. The molecule has 0 bridgehead atoms. The Bertz CT molecular complexity index is 292. The van der Waals surface area contributed by atoms with Crippen molar-refractivity contribution in [3.63, 3.8) is 0 Å². The van der Waals surface area contributed by atoms with E-state index in [2.05, 4.69) is 0 Å². The molecule has 0 aromatic heterocycles. The predicted molar refractivity (Wildman–Crippen MR) is 70.5 cm³/mol. The van der Waals surface area contributed by atoms with E-state index >= 15 is 0 Å². The van der Waals surface area contributed by atoms with E-state index in [1.165, 1.54) is 4.90 Å². The summed E-state index contributed by atoms with van der Waals surface area (Å²) in [5.41, 5.74) is -0.596. The number of imide groups is 1. The van der Waals surface area contributed by atoms with Gasteiger partial charge in [-0.2, -0.15) is 0 Å². The lowest BCUT2D eigenvalue weighted by molar-refractivity contribution is -0.153. The molecular formula is C14H27NO2. The van der Waals surface area contributed by atoms with Crippen LogP contribution < -0.4 is 0 Å². The van der Waals surface area contributed by atoms with E-state index in [0.717, 1.165) is 0 Å². The first kappa shape index (κ1) is 16.1. The topological polar surface area (TPSA) is 37.4 Å². The molecule has 0 aromatic carbocycles. The molecule has 0 saturated heterocycles. The molecule has 0 fully saturated rings. The van der Waals surface area contributed by atoms with Gasteiger partial charge in [0.25, 0.3) is 0 Å². The zero-order valence-corrected chi connectivity index (χ0v) is 12.5. The van der Waals surface area contributed by atoms with Crippen LogP contribution in [0.1, 0.15) is 55.4 Å². The third-order valence-electron chi connectivity index (χ3n) is 2.28. The Labute approximate surface area is 106 Å². The molecule has 3 nitrogen and oxygen atoms in total. The Hall–Kier alpha value is -0.860. The van der Waals surface area contributed by atoms with Crippen molar-refractivity contribution in [3.8, 4) is 0 Å². The predicted octanol–water partition coefficient (Wildman–Crippen LogP) is 3.09. The van der Waals surface area contributed by atoms with E-state index in [9.17, 15) is 9.59 Å². The van der Waals surface area contributed by atoms with Crippen LogP contribution in [0, 0.1) is 16.7 Å². The zero-order chi connectivity index (χ0) is 14.0. The molecule has 0 saturated carbocycles. The minimum Gasteiger partial charge on any atom is -0.281 e. The van der Waals surface area contributed by atoms with Gasteiger partial charge in [0.2, 0.25) is 11.8 Å². The number of rotatable bonds is 2. The normalized spacial score (nSPS) is 12.8. The molecule has 3 heteroatoms. The van der Waals surface area contributed by atoms with E-state index in [0.29, 0.717) is 6.54 Å². The minimum atomic E-state index is -0.518. The average Bonchev–Trinajstić information content (AvgIpc) is 2.08. The Morgan fingerprint density at radius 2 is 1.41 bits per heavy atom. The van der Waals surface area contributed by atoms with Crippen molar-refractivity contribution in [2.45, 2.75) is 55.4 Å². The second-order valence-electron chi connectivity index (χ2n) is 7.19. The molecule has 0 unspecified atom stereocenters. The van der Waals surface area contributed by atoms with E-state index < -0.39 is 5.41 Å². The fourth-order valence-electron chi connectivity index (χ4n) is 1.44. The molecule has 0 spiro atoms. The zero-order valence-electron chi connectivity index (χ0n) is 12.5. The lowest BCUT2D eigenvalue weighted by Gasteiger charge is -2.33. The summed E-state index contributed by atoms with van der Waals surface area (Å²) < 4.78 is 0. The highest BCUT2D eigenvalue weighted by atomic mass is 16.2. The number of nitrogens with zero attached hydrogens (tertiary/aromatic N) is 1. The maximum Gasteiger partial charge on any atom is 0.234 e. The molecule has 2 amide bonds. The summed E-state index contributed by atoms with van der Waals surface area (Å²) in [6, 6.07) is 0. The number of hydrogen-bond donors (Lipinski definition) is 0. The van der Waals surface area contributed by atoms with E-state index in [4.69, 9.17) is 0 Å². The highest BCUT2D eigenvalue weighted by molar-refractivity contribution is 5.98. The summed E-state index contributed by atoms with van der Waals surface area (Å²) in [6.07, 6.45) is 0. The van der Waals surface area contributed by atoms with Gasteiger partial charge in [-0.1, -0.05) is 55.4 Å². The van der Waals surface area contributed by atoms with Gasteiger partial charge in [-0.15, -0.1) is 0 Å². The van der Waals surface area contributed by atoms with E-state index in [1.54, 1.807) is 0 Å². The Kier molecular flexibility index (Phi) is 4.93. The summed E-state index contributed by atoms with van der Waals surface area (Å²) in [4.78, 5) is 25.8. The molecule has 0 heterocycles. The molecule has 0 radical (unpaired) electrons. The molecule has 0 aliphatic rings. The largest absolute Gasteiger partial charge is 0.281 e. The monoisotopic (exact) mass is 241 g/mol. The molecule has 0 N–H and O–H groups in total. The van der Waals surface area contributed by atoms with Crippen LogP contribution in [-0.4, -0.2) is 23.3 Å². The van der Waals surface area contributed by atoms with Crippen molar-refractivity contribution in [1.82, 2.24) is 4.90 Å². The van der Waals surface area contributed by atoms with Crippen LogP contribution in [0.25, 0.3) is 0 Å². The SMILES string of the molecule is CC(C)C(=O)N(CC(C)(C)C)C(=O)C(C)(C)C. The summed E-state index contributed by atoms with van der Waals surface area (Å²) in [5.74, 6) is -0.324. The first-order valence-corrected chi connectivity index (χ1v) is 6.22. The van der Waals surface area contributed by atoms with Crippen molar-refractivity contribution < 1.29 is 9.59 Å². The lowest BCUT2D eigenvalue weighted by atomic mass is 9.90. The summed E-state index contributed by atoms with van der Waals surface area (Å²) in [7, 11) is 0. The standard InChI is InChI=1S/C14H27NO2/c1-10(2)11(16)15(9-13(3,4)5)12(17)14(6,7)8/h10H,9H2,1-8H3. The van der Waals surface area contributed by atoms with Gasteiger partial charge < -0.3 is 0 Å². The molecule has 0 aliphatic heterocycles. The lowest BCUT2D eigenvalue weighted by Crippen LogP contribution is -2.48. The van der Waals surface area contributed by atoms with Crippen molar-refractivity contribution in [2.75, 3.05) is 6.54 Å². The van der Waals surface area contributed by atoms with E-state index in [-0.39, 0.29) is 23.1 Å². The fourth-order valence-corrected chi connectivity index (χ4v) is 1.44. The maximum atomic E-state index is 12.3. The van der Waals surface area contributed by atoms with Crippen LogP contribution in [0.4, 0.5) is 0 Å². The third kappa shape index (κ3) is 5.33.